The van der Waals surface area contributed by atoms with Gasteiger partial charge in [0.2, 0.25) is 0 Å². The molecule has 1 N–H and O–H groups in total. The molecule has 108 valence electrons. The second kappa shape index (κ2) is 5.17. The predicted octanol–water partition coefficient (Wildman–Crippen LogP) is 2.65. The Morgan fingerprint density at radius 1 is 1.29 bits per heavy atom. The van der Waals surface area contributed by atoms with Crippen LogP contribution in [0.3, 0.4) is 0 Å². The van der Waals surface area contributed by atoms with E-state index in [0.29, 0.717) is 4.77 Å². The van der Waals surface area contributed by atoms with E-state index in [0.717, 1.165) is 28.5 Å². The van der Waals surface area contributed by atoms with E-state index in [-0.39, 0.29) is 0 Å². The molecule has 0 amide bonds. The van der Waals surface area contributed by atoms with Crippen LogP contribution in [0.2, 0.25) is 0 Å². The van der Waals surface area contributed by atoms with Gasteiger partial charge in [0, 0.05) is 13.2 Å². The van der Waals surface area contributed by atoms with Gasteiger partial charge in [0.1, 0.15) is 5.75 Å². The number of aryl methyl sites for hydroxylation is 2. The van der Waals surface area contributed by atoms with Crippen molar-refractivity contribution in [3.8, 4) is 22.8 Å². The highest BCUT2D eigenvalue weighted by Gasteiger charge is 2.17. The molecule has 1 aromatic carbocycles. The van der Waals surface area contributed by atoms with E-state index in [1.165, 1.54) is 0 Å². The number of nitrogens with zero attached hydrogens (tertiary/aromatic N) is 4. The number of nitrogens with one attached hydrogen (secondary N) is 1. The third-order valence-corrected chi connectivity index (χ3v) is 3.53. The van der Waals surface area contributed by atoms with Gasteiger partial charge in [-0.15, -0.1) is 0 Å². The lowest BCUT2D eigenvalue weighted by Gasteiger charge is -2.10. The SMILES string of the molecule is COc1ccccc1-n1c(-c2cn(C)nc2C)n[nH]c1=S. The number of aromatic amines is 1. The molecule has 0 saturated carbocycles. The number of ether oxygens (including phenoxy) is 1. The number of benzene rings is 1. The molecule has 21 heavy (non-hydrogen) atoms. The van der Waals surface area contributed by atoms with Crippen LogP contribution < -0.4 is 4.74 Å². The number of rotatable bonds is 3. The monoisotopic (exact) mass is 301 g/mol. The van der Waals surface area contributed by atoms with Crippen molar-refractivity contribution in [1.29, 1.82) is 0 Å². The Bertz CT molecular complexity index is 845. The molecule has 0 saturated heterocycles. The summed E-state index contributed by atoms with van der Waals surface area (Å²) < 4.78 is 9.55. The molecule has 7 heteroatoms. The molecule has 0 spiro atoms. The van der Waals surface area contributed by atoms with Gasteiger partial charge in [-0.25, -0.2) is 0 Å². The summed E-state index contributed by atoms with van der Waals surface area (Å²) in [6.45, 7) is 1.94. The van der Waals surface area contributed by atoms with Gasteiger partial charge in [-0.3, -0.25) is 14.3 Å². The molecule has 0 aliphatic heterocycles. The van der Waals surface area contributed by atoms with E-state index in [1.54, 1.807) is 11.8 Å². The molecule has 0 unspecified atom stereocenters. The zero-order valence-electron chi connectivity index (χ0n) is 12.0. The maximum Gasteiger partial charge on any atom is 0.200 e. The first-order valence-electron chi connectivity index (χ1n) is 6.43. The Morgan fingerprint density at radius 2 is 2.05 bits per heavy atom. The molecule has 0 fully saturated rings. The van der Waals surface area contributed by atoms with Crippen molar-refractivity contribution >= 4 is 12.2 Å². The van der Waals surface area contributed by atoms with Crippen molar-refractivity contribution in [2.45, 2.75) is 6.92 Å². The Morgan fingerprint density at radius 3 is 2.71 bits per heavy atom. The lowest BCUT2D eigenvalue weighted by molar-refractivity contribution is 0.413. The van der Waals surface area contributed by atoms with Gasteiger partial charge in [-0.1, -0.05) is 12.1 Å². The lowest BCUT2D eigenvalue weighted by Crippen LogP contribution is -2.00. The average molecular weight is 301 g/mol. The van der Waals surface area contributed by atoms with E-state index in [2.05, 4.69) is 15.3 Å². The molecule has 0 aliphatic carbocycles. The van der Waals surface area contributed by atoms with Gasteiger partial charge in [0.25, 0.3) is 0 Å². The molecular formula is C14H15N5OS. The minimum absolute atomic E-state index is 0.512. The fraction of sp³-hybridized carbons (Fsp3) is 0.214. The van der Waals surface area contributed by atoms with Gasteiger partial charge in [-0.05, 0) is 31.3 Å². The van der Waals surface area contributed by atoms with Gasteiger partial charge in [-0.2, -0.15) is 10.2 Å². The van der Waals surface area contributed by atoms with Gasteiger partial charge >= 0.3 is 0 Å². The number of hydrogen-bond donors (Lipinski definition) is 1. The van der Waals surface area contributed by atoms with Crippen LogP contribution in [0, 0.1) is 11.7 Å². The third kappa shape index (κ3) is 2.25. The van der Waals surface area contributed by atoms with Crippen LogP contribution in [0.5, 0.6) is 5.75 Å². The zero-order valence-corrected chi connectivity index (χ0v) is 12.8. The molecule has 0 atom stereocenters. The Hall–Kier alpha value is -2.41. The first-order chi connectivity index (χ1) is 10.1. The molecule has 2 aromatic heterocycles. The summed E-state index contributed by atoms with van der Waals surface area (Å²) in [7, 11) is 3.52. The fourth-order valence-corrected chi connectivity index (χ4v) is 2.57. The highest BCUT2D eigenvalue weighted by Crippen LogP contribution is 2.28. The van der Waals surface area contributed by atoms with E-state index in [9.17, 15) is 0 Å². The topological polar surface area (TPSA) is 60.7 Å². The normalized spacial score (nSPS) is 10.8. The quantitative estimate of drug-likeness (QED) is 0.756. The minimum atomic E-state index is 0.512. The Balaban J connectivity index is 2.27. The Kier molecular flexibility index (Phi) is 3.34. The van der Waals surface area contributed by atoms with Crippen molar-refractivity contribution in [1.82, 2.24) is 24.5 Å². The molecule has 2 heterocycles. The van der Waals surface area contributed by atoms with E-state index >= 15 is 0 Å². The minimum Gasteiger partial charge on any atom is -0.495 e. The molecular weight excluding hydrogens is 286 g/mol. The zero-order chi connectivity index (χ0) is 15.0. The number of hydrogen-bond acceptors (Lipinski definition) is 4. The highest BCUT2D eigenvalue weighted by atomic mass is 32.1. The van der Waals surface area contributed by atoms with E-state index in [4.69, 9.17) is 17.0 Å². The second-order valence-corrected chi connectivity index (χ2v) is 5.05. The second-order valence-electron chi connectivity index (χ2n) is 4.66. The van der Waals surface area contributed by atoms with Crippen LogP contribution in [0.15, 0.2) is 30.5 Å². The fourth-order valence-electron chi connectivity index (χ4n) is 2.33. The van der Waals surface area contributed by atoms with Crippen molar-refractivity contribution in [2.24, 2.45) is 7.05 Å². The predicted molar refractivity (Wildman–Crippen MR) is 82.2 cm³/mol. The molecule has 3 aromatic rings. The number of methoxy groups -OCH3 is 1. The maximum absolute atomic E-state index is 5.42. The van der Waals surface area contributed by atoms with E-state index < -0.39 is 0 Å². The van der Waals surface area contributed by atoms with Crippen LogP contribution in [0.1, 0.15) is 5.69 Å². The number of para-hydroxylation sites is 2. The third-order valence-electron chi connectivity index (χ3n) is 3.25. The number of H-pyrrole nitrogens is 1. The summed E-state index contributed by atoms with van der Waals surface area (Å²) in [5.41, 5.74) is 2.66. The summed E-state index contributed by atoms with van der Waals surface area (Å²) in [5, 5.41) is 11.6. The standard InChI is InChI=1S/C14H15N5OS/c1-9-10(8-18(2)17-9)13-15-16-14(21)19(13)11-6-4-5-7-12(11)20-3/h4-8H,1-3H3,(H,16,21). The summed E-state index contributed by atoms with van der Waals surface area (Å²) in [4.78, 5) is 0. The molecule has 0 aliphatic rings. The van der Waals surface area contributed by atoms with Crippen LogP contribution in [-0.2, 0) is 7.05 Å². The van der Waals surface area contributed by atoms with Gasteiger partial charge in [0.15, 0.2) is 10.6 Å². The van der Waals surface area contributed by atoms with Crippen molar-refractivity contribution in [3.05, 3.63) is 40.9 Å². The largest absolute Gasteiger partial charge is 0.495 e. The molecule has 6 nitrogen and oxygen atoms in total. The first-order valence-corrected chi connectivity index (χ1v) is 6.84. The molecule has 3 rings (SSSR count). The lowest BCUT2D eigenvalue weighted by atomic mass is 10.2. The molecule has 0 bridgehead atoms. The van der Waals surface area contributed by atoms with Gasteiger partial charge < -0.3 is 4.74 Å². The highest BCUT2D eigenvalue weighted by molar-refractivity contribution is 7.71. The first kappa shape index (κ1) is 13.6. The van der Waals surface area contributed by atoms with Gasteiger partial charge in [0.05, 0.1) is 24.1 Å². The van der Waals surface area contributed by atoms with Crippen molar-refractivity contribution in [3.63, 3.8) is 0 Å². The van der Waals surface area contributed by atoms with Crippen molar-refractivity contribution < 1.29 is 4.74 Å². The number of aromatic nitrogens is 5. The Labute approximate surface area is 127 Å². The van der Waals surface area contributed by atoms with Crippen molar-refractivity contribution in [2.75, 3.05) is 7.11 Å². The van der Waals surface area contributed by atoms with Crippen LogP contribution >= 0.6 is 12.2 Å². The average Bonchev–Trinajstić information content (AvgIpc) is 3.01. The summed E-state index contributed by atoms with van der Waals surface area (Å²) in [6, 6.07) is 7.69. The summed E-state index contributed by atoms with van der Waals surface area (Å²) in [5.74, 6) is 1.45. The summed E-state index contributed by atoms with van der Waals surface area (Å²) >= 11 is 5.37. The smallest absolute Gasteiger partial charge is 0.200 e. The van der Waals surface area contributed by atoms with Crippen LogP contribution in [0.4, 0.5) is 0 Å². The maximum atomic E-state index is 5.42. The summed E-state index contributed by atoms with van der Waals surface area (Å²) in [6.07, 6.45) is 1.92. The van der Waals surface area contributed by atoms with Crippen LogP contribution in [-0.4, -0.2) is 31.7 Å². The molecule has 0 radical (unpaired) electrons. The van der Waals surface area contributed by atoms with E-state index in [1.807, 2.05) is 49.0 Å². The van der Waals surface area contributed by atoms with Crippen LogP contribution in [0.25, 0.3) is 17.1 Å².